The summed E-state index contributed by atoms with van der Waals surface area (Å²) in [6.45, 7) is 0. The molecule has 2 aromatic heterocycles. The van der Waals surface area contributed by atoms with Crippen LogP contribution in [0.1, 0.15) is 4.88 Å². The van der Waals surface area contributed by atoms with Crippen molar-refractivity contribution < 1.29 is 17.6 Å². The van der Waals surface area contributed by atoms with Crippen molar-refractivity contribution in [3.05, 3.63) is 38.1 Å². The molecule has 2 aromatic rings. The van der Waals surface area contributed by atoms with Gasteiger partial charge in [-0.15, -0.1) is 0 Å². The number of nitrogens with two attached hydrogens (primary N) is 1. The standard InChI is InChI=1S/C10H5F4N5OS/c11-3-5(4(12)7(14)17-6(3)13)19-8-2(21-10(19)20)1-16-9(15)18-8/h1,9,18H,15H2. The Hall–Kier alpha value is -2.27. The lowest BCUT2D eigenvalue weighted by Gasteiger charge is -2.17. The minimum absolute atomic E-state index is 0.102. The number of hydrogen-bond donors (Lipinski definition) is 2. The van der Waals surface area contributed by atoms with Crippen LogP contribution in [-0.4, -0.2) is 22.1 Å². The molecule has 1 atom stereocenters. The number of aliphatic imine (C=N–C) groups is 1. The number of thiazole rings is 1. The van der Waals surface area contributed by atoms with Crippen LogP contribution in [0.25, 0.3) is 5.69 Å². The van der Waals surface area contributed by atoms with Gasteiger partial charge in [0.2, 0.25) is 11.6 Å². The minimum atomic E-state index is -1.86. The normalized spacial score (nSPS) is 16.7. The molecule has 1 unspecified atom stereocenters. The van der Waals surface area contributed by atoms with Gasteiger partial charge in [0, 0.05) is 6.21 Å². The van der Waals surface area contributed by atoms with E-state index in [9.17, 15) is 22.4 Å². The van der Waals surface area contributed by atoms with E-state index in [1.165, 1.54) is 6.21 Å². The Balaban J connectivity index is 2.36. The molecule has 21 heavy (non-hydrogen) atoms. The molecule has 0 radical (unpaired) electrons. The minimum Gasteiger partial charge on any atom is -0.336 e. The fourth-order valence-electron chi connectivity index (χ4n) is 1.81. The molecule has 3 heterocycles. The molecule has 0 amide bonds. The second-order valence-corrected chi connectivity index (χ2v) is 4.95. The predicted octanol–water partition coefficient (Wildman–Crippen LogP) is 0.937. The molecule has 0 saturated heterocycles. The maximum atomic E-state index is 13.8. The van der Waals surface area contributed by atoms with E-state index in [1.807, 2.05) is 0 Å². The van der Waals surface area contributed by atoms with Gasteiger partial charge in [-0.1, -0.05) is 11.3 Å². The number of halogens is 4. The highest BCUT2D eigenvalue weighted by atomic mass is 32.1. The van der Waals surface area contributed by atoms with Crippen LogP contribution in [0.15, 0.2) is 9.79 Å². The third-order valence-electron chi connectivity index (χ3n) is 2.67. The zero-order chi connectivity index (χ0) is 15.3. The largest absolute Gasteiger partial charge is 0.336 e. The molecule has 1 aliphatic rings. The van der Waals surface area contributed by atoms with Crippen molar-refractivity contribution in [3.8, 4) is 5.69 Å². The van der Waals surface area contributed by atoms with Gasteiger partial charge in [-0.3, -0.25) is 15.5 Å². The molecule has 1 aliphatic heterocycles. The Bertz CT molecular complexity index is 804. The number of fused-ring (bicyclic) bond motifs is 1. The molecule has 0 bridgehead atoms. The van der Waals surface area contributed by atoms with Gasteiger partial charge in [-0.2, -0.15) is 22.5 Å². The monoisotopic (exact) mass is 319 g/mol. The summed E-state index contributed by atoms with van der Waals surface area (Å²) in [4.78, 5) is 17.4. The topological polar surface area (TPSA) is 85.3 Å². The fraction of sp³-hybridized carbons (Fsp3) is 0.100. The van der Waals surface area contributed by atoms with Crippen LogP contribution in [0.4, 0.5) is 23.4 Å². The van der Waals surface area contributed by atoms with Crippen LogP contribution >= 0.6 is 11.3 Å². The van der Waals surface area contributed by atoms with E-state index in [1.54, 1.807) is 0 Å². The first-order valence-corrected chi connectivity index (χ1v) is 6.23. The lowest BCUT2D eigenvalue weighted by atomic mass is 10.3. The summed E-state index contributed by atoms with van der Waals surface area (Å²) in [6.07, 6.45) is 0.267. The van der Waals surface area contributed by atoms with E-state index in [4.69, 9.17) is 5.73 Å². The van der Waals surface area contributed by atoms with E-state index in [0.29, 0.717) is 15.9 Å². The van der Waals surface area contributed by atoms with Crippen LogP contribution in [0.3, 0.4) is 0 Å². The number of rotatable bonds is 1. The zero-order valence-corrected chi connectivity index (χ0v) is 10.7. The van der Waals surface area contributed by atoms with Gasteiger partial charge in [0.1, 0.15) is 11.5 Å². The molecule has 3 N–H and O–H groups in total. The van der Waals surface area contributed by atoms with Crippen molar-refractivity contribution in [1.29, 1.82) is 0 Å². The number of hydrogen-bond acceptors (Lipinski definition) is 6. The van der Waals surface area contributed by atoms with E-state index >= 15 is 0 Å². The average molecular weight is 319 g/mol. The number of aromatic nitrogens is 2. The Kier molecular flexibility index (Phi) is 3.02. The zero-order valence-electron chi connectivity index (χ0n) is 9.90. The molecular weight excluding hydrogens is 314 g/mol. The van der Waals surface area contributed by atoms with Gasteiger partial charge < -0.3 is 5.32 Å². The number of anilines is 1. The first kappa shape index (κ1) is 13.7. The van der Waals surface area contributed by atoms with Crippen molar-refractivity contribution in [1.82, 2.24) is 9.55 Å². The molecular formula is C10H5F4N5OS. The molecule has 0 aliphatic carbocycles. The summed E-state index contributed by atoms with van der Waals surface area (Å²) < 4.78 is 54.3. The molecule has 0 saturated carbocycles. The fourth-order valence-corrected chi connectivity index (χ4v) is 2.64. The smallest absolute Gasteiger partial charge is 0.314 e. The van der Waals surface area contributed by atoms with Gasteiger partial charge >= 0.3 is 4.87 Å². The third kappa shape index (κ3) is 2.01. The number of nitrogens with zero attached hydrogens (tertiary/aromatic N) is 3. The van der Waals surface area contributed by atoms with Crippen LogP contribution in [0, 0.1) is 23.5 Å². The second-order valence-electron chi connectivity index (χ2n) is 3.95. The highest BCUT2D eigenvalue weighted by Gasteiger charge is 2.28. The number of pyridine rings is 1. The Morgan fingerprint density at radius 3 is 2.48 bits per heavy atom. The molecule has 0 spiro atoms. The van der Waals surface area contributed by atoms with Crippen LogP contribution in [-0.2, 0) is 0 Å². The van der Waals surface area contributed by atoms with Crippen molar-refractivity contribution >= 4 is 23.4 Å². The van der Waals surface area contributed by atoms with E-state index in [2.05, 4.69) is 15.3 Å². The summed E-state index contributed by atoms with van der Waals surface area (Å²) >= 11 is 0.584. The Morgan fingerprint density at radius 2 is 1.86 bits per heavy atom. The SMILES string of the molecule is NC1N=Cc2sc(=O)n(-c3c(F)c(F)nc(F)c3F)c2N1. The summed E-state index contributed by atoms with van der Waals surface area (Å²) in [7, 11) is 0. The summed E-state index contributed by atoms with van der Waals surface area (Å²) in [5.41, 5.74) is 4.28. The first-order chi connectivity index (χ1) is 9.90. The number of nitrogens with one attached hydrogen (secondary N) is 1. The van der Waals surface area contributed by atoms with Crippen LogP contribution in [0.2, 0.25) is 0 Å². The quantitative estimate of drug-likeness (QED) is 0.605. The van der Waals surface area contributed by atoms with Crippen molar-refractivity contribution in [2.24, 2.45) is 10.7 Å². The molecule has 3 rings (SSSR count). The first-order valence-electron chi connectivity index (χ1n) is 5.41. The molecule has 0 fully saturated rings. The third-order valence-corrected chi connectivity index (χ3v) is 3.55. The predicted molar refractivity (Wildman–Crippen MR) is 66.7 cm³/mol. The summed E-state index contributed by atoms with van der Waals surface area (Å²) in [5.74, 6) is -7.38. The lowest BCUT2D eigenvalue weighted by molar-refractivity contribution is 0.402. The van der Waals surface area contributed by atoms with E-state index in [0.717, 1.165) is 0 Å². The maximum Gasteiger partial charge on any atom is 0.314 e. The maximum absolute atomic E-state index is 13.8. The van der Waals surface area contributed by atoms with Crippen molar-refractivity contribution in [3.63, 3.8) is 0 Å². The molecule has 11 heteroatoms. The highest BCUT2D eigenvalue weighted by molar-refractivity contribution is 7.11. The molecule has 110 valence electrons. The Labute approximate surface area is 117 Å². The van der Waals surface area contributed by atoms with Crippen molar-refractivity contribution in [2.75, 3.05) is 5.32 Å². The van der Waals surface area contributed by atoms with Gasteiger partial charge in [0.25, 0.3) is 11.9 Å². The van der Waals surface area contributed by atoms with E-state index < -0.39 is 40.4 Å². The Morgan fingerprint density at radius 1 is 1.24 bits per heavy atom. The van der Waals surface area contributed by atoms with Gasteiger partial charge in [0.15, 0.2) is 6.29 Å². The van der Waals surface area contributed by atoms with Crippen molar-refractivity contribution in [2.45, 2.75) is 6.29 Å². The van der Waals surface area contributed by atoms with Gasteiger partial charge in [-0.05, 0) is 0 Å². The molecule has 6 nitrogen and oxygen atoms in total. The van der Waals surface area contributed by atoms with Gasteiger partial charge in [-0.25, -0.2) is 4.57 Å². The highest BCUT2D eigenvalue weighted by Crippen LogP contribution is 2.28. The molecule has 0 aromatic carbocycles. The van der Waals surface area contributed by atoms with Crippen LogP contribution in [0.5, 0.6) is 0 Å². The average Bonchev–Trinajstić information content (AvgIpc) is 2.73. The lowest BCUT2D eigenvalue weighted by Crippen LogP contribution is -2.32. The second kappa shape index (κ2) is 4.63. The van der Waals surface area contributed by atoms with Crippen LogP contribution < -0.4 is 15.9 Å². The summed E-state index contributed by atoms with van der Waals surface area (Å²) in [5, 5.41) is 2.50. The van der Waals surface area contributed by atoms with Gasteiger partial charge in [0.05, 0.1) is 4.88 Å². The summed E-state index contributed by atoms with van der Waals surface area (Å²) in [6, 6.07) is 0. The van der Waals surface area contributed by atoms with E-state index in [-0.39, 0.29) is 10.7 Å².